The molecule has 1 aromatic rings. The van der Waals surface area contributed by atoms with Crippen LogP contribution in [0.5, 0.6) is 0 Å². The van der Waals surface area contributed by atoms with Gasteiger partial charge >= 0.3 is 0 Å². The SMILES string of the molecule is NCc1ccc(C2CCNC(=O)C2)c([N+](=O)[O-])c1. The molecule has 0 aromatic heterocycles. The highest BCUT2D eigenvalue weighted by molar-refractivity contribution is 5.78. The summed E-state index contributed by atoms with van der Waals surface area (Å²) in [7, 11) is 0. The Morgan fingerprint density at radius 2 is 2.28 bits per heavy atom. The molecule has 1 heterocycles. The van der Waals surface area contributed by atoms with Crippen molar-refractivity contribution >= 4 is 11.6 Å². The Balaban J connectivity index is 2.36. The van der Waals surface area contributed by atoms with Crippen LogP contribution in [0.4, 0.5) is 5.69 Å². The van der Waals surface area contributed by atoms with E-state index in [1.807, 2.05) is 0 Å². The highest BCUT2D eigenvalue weighted by Crippen LogP contribution is 2.33. The van der Waals surface area contributed by atoms with E-state index in [1.54, 1.807) is 12.1 Å². The zero-order valence-electron chi connectivity index (χ0n) is 9.89. The summed E-state index contributed by atoms with van der Waals surface area (Å²) in [6, 6.07) is 5.01. The van der Waals surface area contributed by atoms with Crippen LogP contribution in [0.1, 0.15) is 29.9 Å². The molecule has 1 aromatic carbocycles. The number of rotatable bonds is 3. The van der Waals surface area contributed by atoms with Crippen LogP contribution >= 0.6 is 0 Å². The Bertz CT molecular complexity index is 487. The standard InChI is InChI=1S/C12H15N3O3/c13-7-8-1-2-10(11(5-8)15(17)18)9-3-4-14-12(16)6-9/h1-2,5,9H,3-4,6-7,13H2,(H,14,16). The Hall–Kier alpha value is -1.95. The smallest absolute Gasteiger partial charge is 0.273 e. The number of nitrogens with zero attached hydrogens (tertiary/aromatic N) is 1. The third-order valence-electron chi connectivity index (χ3n) is 3.21. The van der Waals surface area contributed by atoms with Crippen molar-refractivity contribution in [1.29, 1.82) is 0 Å². The fraction of sp³-hybridized carbons (Fsp3) is 0.417. The second-order valence-electron chi connectivity index (χ2n) is 4.39. The topological polar surface area (TPSA) is 98.3 Å². The molecule has 1 fully saturated rings. The predicted molar refractivity (Wildman–Crippen MR) is 66.0 cm³/mol. The van der Waals surface area contributed by atoms with Gasteiger partial charge in [-0.3, -0.25) is 14.9 Å². The Kier molecular flexibility index (Phi) is 3.57. The first-order chi connectivity index (χ1) is 8.61. The van der Waals surface area contributed by atoms with Crippen molar-refractivity contribution in [2.45, 2.75) is 25.3 Å². The van der Waals surface area contributed by atoms with E-state index in [4.69, 9.17) is 5.73 Å². The monoisotopic (exact) mass is 249 g/mol. The van der Waals surface area contributed by atoms with Crippen molar-refractivity contribution in [2.75, 3.05) is 6.54 Å². The molecule has 1 aliphatic heterocycles. The molecule has 0 aliphatic carbocycles. The lowest BCUT2D eigenvalue weighted by molar-refractivity contribution is -0.385. The van der Waals surface area contributed by atoms with Crippen LogP contribution in [-0.4, -0.2) is 17.4 Å². The predicted octanol–water partition coefficient (Wildman–Crippen LogP) is 1.05. The summed E-state index contributed by atoms with van der Waals surface area (Å²) in [6.45, 7) is 0.839. The molecule has 2 rings (SSSR count). The van der Waals surface area contributed by atoms with Crippen LogP contribution in [-0.2, 0) is 11.3 Å². The van der Waals surface area contributed by atoms with Crippen LogP contribution in [0.15, 0.2) is 18.2 Å². The van der Waals surface area contributed by atoms with Crippen molar-refractivity contribution in [1.82, 2.24) is 5.32 Å². The summed E-state index contributed by atoms with van der Waals surface area (Å²) in [4.78, 5) is 22.0. The van der Waals surface area contributed by atoms with Gasteiger partial charge in [0, 0.05) is 37.1 Å². The van der Waals surface area contributed by atoms with Gasteiger partial charge in [-0.15, -0.1) is 0 Å². The molecule has 1 atom stereocenters. The average molecular weight is 249 g/mol. The van der Waals surface area contributed by atoms with E-state index in [-0.39, 0.29) is 24.1 Å². The van der Waals surface area contributed by atoms with Crippen LogP contribution in [0.3, 0.4) is 0 Å². The third-order valence-corrected chi connectivity index (χ3v) is 3.21. The van der Waals surface area contributed by atoms with E-state index in [9.17, 15) is 14.9 Å². The van der Waals surface area contributed by atoms with Gasteiger partial charge in [0.05, 0.1) is 4.92 Å². The largest absolute Gasteiger partial charge is 0.356 e. The third kappa shape index (κ3) is 2.48. The number of carbonyl (C=O) groups is 1. The van der Waals surface area contributed by atoms with Crippen molar-refractivity contribution in [3.05, 3.63) is 39.4 Å². The summed E-state index contributed by atoms with van der Waals surface area (Å²) in [5, 5.41) is 13.8. The molecule has 1 unspecified atom stereocenters. The summed E-state index contributed by atoms with van der Waals surface area (Å²) < 4.78 is 0. The van der Waals surface area contributed by atoms with E-state index in [1.165, 1.54) is 6.07 Å². The zero-order chi connectivity index (χ0) is 13.1. The molecule has 1 saturated heterocycles. The lowest BCUT2D eigenvalue weighted by Gasteiger charge is -2.22. The van der Waals surface area contributed by atoms with Gasteiger partial charge in [-0.1, -0.05) is 12.1 Å². The molecule has 6 nitrogen and oxygen atoms in total. The first-order valence-corrected chi connectivity index (χ1v) is 5.85. The molecule has 0 bridgehead atoms. The van der Waals surface area contributed by atoms with Gasteiger partial charge in [-0.05, 0) is 12.0 Å². The minimum absolute atomic E-state index is 0.0524. The van der Waals surface area contributed by atoms with Crippen molar-refractivity contribution in [2.24, 2.45) is 5.73 Å². The minimum Gasteiger partial charge on any atom is -0.356 e. The summed E-state index contributed by atoms with van der Waals surface area (Å²) in [5.74, 6) is -0.130. The van der Waals surface area contributed by atoms with E-state index >= 15 is 0 Å². The zero-order valence-corrected chi connectivity index (χ0v) is 9.89. The molecular weight excluding hydrogens is 234 g/mol. The van der Waals surface area contributed by atoms with Gasteiger partial charge in [-0.25, -0.2) is 0 Å². The van der Waals surface area contributed by atoms with Gasteiger partial charge in [0.15, 0.2) is 0 Å². The molecule has 0 saturated carbocycles. The maximum Gasteiger partial charge on any atom is 0.273 e. The number of piperidine rings is 1. The number of carbonyl (C=O) groups excluding carboxylic acids is 1. The van der Waals surface area contributed by atoms with Crippen molar-refractivity contribution in [3.63, 3.8) is 0 Å². The van der Waals surface area contributed by atoms with Crippen LogP contribution in [0.2, 0.25) is 0 Å². The molecule has 18 heavy (non-hydrogen) atoms. The molecule has 6 heteroatoms. The fourth-order valence-electron chi connectivity index (χ4n) is 2.27. The van der Waals surface area contributed by atoms with Crippen molar-refractivity contribution < 1.29 is 9.72 Å². The second kappa shape index (κ2) is 5.14. The maximum absolute atomic E-state index is 11.4. The summed E-state index contributed by atoms with van der Waals surface area (Å²) >= 11 is 0. The van der Waals surface area contributed by atoms with Crippen LogP contribution < -0.4 is 11.1 Å². The van der Waals surface area contributed by atoms with E-state index in [0.717, 1.165) is 12.0 Å². The van der Waals surface area contributed by atoms with Crippen molar-refractivity contribution in [3.8, 4) is 0 Å². The molecule has 0 radical (unpaired) electrons. The molecule has 1 amide bonds. The molecular formula is C12H15N3O3. The molecule has 0 spiro atoms. The van der Waals surface area contributed by atoms with Gasteiger partial charge in [0.2, 0.25) is 5.91 Å². The van der Waals surface area contributed by atoms with Crippen LogP contribution in [0.25, 0.3) is 0 Å². The number of nitrogens with two attached hydrogens (primary N) is 1. The fourth-order valence-corrected chi connectivity index (χ4v) is 2.27. The summed E-state index contributed by atoms with van der Waals surface area (Å²) in [6.07, 6.45) is 1.04. The number of amides is 1. The quantitative estimate of drug-likeness (QED) is 0.617. The highest BCUT2D eigenvalue weighted by atomic mass is 16.6. The van der Waals surface area contributed by atoms with E-state index in [2.05, 4.69) is 5.32 Å². The number of nitro groups is 1. The first kappa shape index (κ1) is 12.5. The number of nitrogens with one attached hydrogen (secondary N) is 1. The highest BCUT2D eigenvalue weighted by Gasteiger charge is 2.27. The molecule has 1 aliphatic rings. The van der Waals surface area contributed by atoms with Gasteiger partial charge in [0.1, 0.15) is 0 Å². The van der Waals surface area contributed by atoms with Gasteiger partial charge in [-0.2, -0.15) is 0 Å². The number of nitro benzene ring substituents is 1. The Morgan fingerprint density at radius 1 is 1.50 bits per heavy atom. The number of hydrogen-bond donors (Lipinski definition) is 2. The number of hydrogen-bond acceptors (Lipinski definition) is 4. The Morgan fingerprint density at radius 3 is 2.89 bits per heavy atom. The van der Waals surface area contributed by atoms with E-state index in [0.29, 0.717) is 18.5 Å². The first-order valence-electron chi connectivity index (χ1n) is 5.85. The van der Waals surface area contributed by atoms with Gasteiger partial charge in [0.25, 0.3) is 5.69 Å². The van der Waals surface area contributed by atoms with E-state index < -0.39 is 4.92 Å². The van der Waals surface area contributed by atoms with Crippen LogP contribution in [0, 0.1) is 10.1 Å². The minimum atomic E-state index is -0.402. The summed E-state index contributed by atoms with van der Waals surface area (Å²) in [5.41, 5.74) is 6.91. The Labute approximate surface area is 104 Å². The average Bonchev–Trinajstić information content (AvgIpc) is 2.38. The molecule has 3 N–H and O–H groups in total. The maximum atomic E-state index is 11.4. The second-order valence-corrected chi connectivity index (χ2v) is 4.39. The van der Waals surface area contributed by atoms with Gasteiger partial charge < -0.3 is 11.1 Å². The number of benzene rings is 1. The normalized spacial score (nSPS) is 19.4. The lowest BCUT2D eigenvalue weighted by Crippen LogP contribution is -2.32. The lowest BCUT2D eigenvalue weighted by atomic mass is 9.88. The molecule has 96 valence electrons.